The molecule has 0 bridgehead atoms. The minimum absolute atomic E-state index is 0.0679. The van der Waals surface area contributed by atoms with E-state index in [9.17, 15) is 4.79 Å². The summed E-state index contributed by atoms with van der Waals surface area (Å²) in [6.07, 6.45) is 2.32. The predicted molar refractivity (Wildman–Crippen MR) is 128 cm³/mol. The van der Waals surface area contributed by atoms with Crippen molar-refractivity contribution in [3.63, 3.8) is 0 Å². The van der Waals surface area contributed by atoms with Gasteiger partial charge in [0.1, 0.15) is 5.82 Å². The number of anilines is 1. The van der Waals surface area contributed by atoms with E-state index in [1.165, 1.54) is 4.68 Å². The molecular weight excluding hydrogens is 434 g/mol. The third-order valence-corrected chi connectivity index (χ3v) is 5.32. The van der Waals surface area contributed by atoms with E-state index in [4.69, 9.17) is 9.57 Å². The lowest BCUT2D eigenvalue weighted by Gasteiger charge is -2.15. The number of oxime groups is 1. The number of benzene rings is 1. The normalized spacial score (nSPS) is 13.4. The summed E-state index contributed by atoms with van der Waals surface area (Å²) < 4.78 is 6.82. The highest BCUT2D eigenvalue weighted by molar-refractivity contribution is 6.10. The number of hydrogen-bond donors (Lipinski definition) is 1. The van der Waals surface area contributed by atoms with Crippen LogP contribution in [-0.2, 0) is 28.0 Å². The molecule has 3 aromatic rings. The number of carbonyl (C=O) groups excluding carboxylic acids is 1. The van der Waals surface area contributed by atoms with Crippen LogP contribution >= 0.6 is 0 Å². The van der Waals surface area contributed by atoms with E-state index in [-0.39, 0.29) is 18.6 Å². The summed E-state index contributed by atoms with van der Waals surface area (Å²) in [6, 6.07) is 14.9. The fourth-order valence-corrected chi connectivity index (χ4v) is 3.40. The first-order valence-electron chi connectivity index (χ1n) is 11.2. The third kappa shape index (κ3) is 7.45. The molecule has 1 amide bonds. The van der Waals surface area contributed by atoms with E-state index >= 15 is 0 Å². The zero-order valence-electron chi connectivity index (χ0n) is 20.0. The summed E-state index contributed by atoms with van der Waals surface area (Å²) >= 11 is 0. The first kappa shape index (κ1) is 25.0. The summed E-state index contributed by atoms with van der Waals surface area (Å²) in [4.78, 5) is 22.4. The summed E-state index contributed by atoms with van der Waals surface area (Å²) in [5.41, 5.74) is 1.96. The Morgan fingerprint density at radius 3 is 2.65 bits per heavy atom. The van der Waals surface area contributed by atoms with Gasteiger partial charge in [-0.15, -0.1) is 5.10 Å². The Hall–Kier alpha value is -3.66. The molecule has 2 heterocycles. The molecule has 2 unspecified atom stereocenters. The van der Waals surface area contributed by atoms with E-state index in [0.717, 1.165) is 18.4 Å². The second kappa shape index (κ2) is 12.5. The highest BCUT2D eigenvalue weighted by Crippen LogP contribution is 2.15. The van der Waals surface area contributed by atoms with Crippen molar-refractivity contribution in [2.45, 2.75) is 45.8 Å². The molecule has 2 aromatic heterocycles. The fraction of sp³-hybridized carbons (Fsp3) is 0.417. The maximum Gasteiger partial charge on any atom is 0.225 e. The van der Waals surface area contributed by atoms with Crippen molar-refractivity contribution in [1.29, 1.82) is 0 Å². The molecule has 3 rings (SSSR count). The van der Waals surface area contributed by atoms with Crippen LogP contribution in [0.15, 0.2) is 53.7 Å². The number of nitrogens with zero attached hydrogens (tertiary/aromatic N) is 6. The van der Waals surface area contributed by atoms with Gasteiger partial charge in [0.05, 0.1) is 11.8 Å². The van der Waals surface area contributed by atoms with Crippen molar-refractivity contribution in [2.75, 3.05) is 12.4 Å². The van der Waals surface area contributed by atoms with Gasteiger partial charge in [-0.25, -0.2) is 9.67 Å². The van der Waals surface area contributed by atoms with Gasteiger partial charge in [0, 0.05) is 26.1 Å². The van der Waals surface area contributed by atoms with Crippen LogP contribution in [0.3, 0.4) is 0 Å². The van der Waals surface area contributed by atoms with E-state index in [1.807, 2.05) is 49.4 Å². The zero-order valence-corrected chi connectivity index (χ0v) is 20.0. The highest BCUT2D eigenvalue weighted by atomic mass is 16.6. The number of amides is 1. The van der Waals surface area contributed by atoms with Crippen LogP contribution in [0.1, 0.15) is 50.2 Å². The molecule has 10 heteroatoms. The molecule has 2 atom stereocenters. The van der Waals surface area contributed by atoms with E-state index in [0.29, 0.717) is 35.4 Å². The van der Waals surface area contributed by atoms with Crippen LogP contribution in [0.4, 0.5) is 5.82 Å². The maximum absolute atomic E-state index is 12.4. The summed E-state index contributed by atoms with van der Waals surface area (Å²) in [5.74, 6) is 1.29. The molecule has 0 radical (unpaired) electrons. The Morgan fingerprint density at radius 2 is 1.94 bits per heavy atom. The lowest BCUT2D eigenvalue weighted by atomic mass is 9.99. The molecule has 180 valence electrons. The molecule has 34 heavy (non-hydrogen) atoms. The third-order valence-electron chi connectivity index (χ3n) is 5.32. The first-order chi connectivity index (χ1) is 16.5. The number of aryl methyl sites for hydroxylation is 1. The number of aromatic nitrogens is 5. The first-order valence-corrected chi connectivity index (χ1v) is 11.2. The Bertz CT molecular complexity index is 1080. The van der Waals surface area contributed by atoms with Crippen molar-refractivity contribution in [1.82, 2.24) is 25.2 Å². The lowest BCUT2D eigenvalue weighted by Crippen LogP contribution is -2.16. The molecule has 0 aliphatic carbocycles. The molecular formula is C24H31N7O3. The number of pyridine rings is 1. The van der Waals surface area contributed by atoms with Gasteiger partial charge >= 0.3 is 0 Å². The molecule has 1 aromatic carbocycles. The molecule has 10 nitrogen and oxygen atoms in total. The maximum atomic E-state index is 12.4. The van der Waals surface area contributed by atoms with Crippen molar-refractivity contribution < 1.29 is 14.4 Å². The van der Waals surface area contributed by atoms with Crippen LogP contribution in [0.25, 0.3) is 0 Å². The SMILES string of the molecule is COC(C)CC(C)CCC(=O)Nc1cccc(CO/N=C(/c2ccccc2)c2nnnn2C)n1. The minimum atomic E-state index is -0.0679. The second-order valence-corrected chi connectivity index (χ2v) is 8.19. The topological polar surface area (TPSA) is 116 Å². The van der Waals surface area contributed by atoms with Gasteiger partial charge in [0.15, 0.2) is 12.3 Å². The Kier molecular flexibility index (Phi) is 9.21. The Balaban J connectivity index is 1.59. The number of ether oxygens (including phenoxy) is 1. The molecule has 0 aliphatic rings. The van der Waals surface area contributed by atoms with Gasteiger partial charge in [-0.3, -0.25) is 4.79 Å². The van der Waals surface area contributed by atoms with Crippen molar-refractivity contribution in [3.05, 3.63) is 65.6 Å². The average Bonchev–Trinajstić information content (AvgIpc) is 3.26. The van der Waals surface area contributed by atoms with Crippen molar-refractivity contribution in [2.24, 2.45) is 18.1 Å². The second-order valence-electron chi connectivity index (χ2n) is 8.19. The number of rotatable bonds is 12. The minimum Gasteiger partial charge on any atom is -0.389 e. The largest absolute Gasteiger partial charge is 0.389 e. The van der Waals surface area contributed by atoms with Crippen molar-refractivity contribution in [3.8, 4) is 0 Å². The summed E-state index contributed by atoms with van der Waals surface area (Å²) in [7, 11) is 3.44. The Labute approximate surface area is 199 Å². The molecule has 0 aliphatic heterocycles. The smallest absolute Gasteiger partial charge is 0.225 e. The van der Waals surface area contributed by atoms with E-state index in [2.05, 4.69) is 37.9 Å². The van der Waals surface area contributed by atoms with E-state index < -0.39 is 0 Å². The molecule has 1 N–H and O–H groups in total. The molecule has 0 saturated heterocycles. The van der Waals surface area contributed by atoms with Crippen LogP contribution < -0.4 is 5.32 Å². The van der Waals surface area contributed by atoms with Crippen LogP contribution in [0.2, 0.25) is 0 Å². The Morgan fingerprint density at radius 1 is 1.15 bits per heavy atom. The van der Waals surface area contributed by atoms with Crippen LogP contribution in [0.5, 0.6) is 0 Å². The van der Waals surface area contributed by atoms with Crippen LogP contribution in [-0.4, -0.2) is 50.0 Å². The van der Waals surface area contributed by atoms with Gasteiger partial charge in [-0.05, 0) is 48.2 Å². The molecule has 0 spiro atoms. The zero-order chi connectivity index (χ0) is 24.3. The van der Waals surface area contributed by atoms with Crippen LogP contribution in [0, 0.1) is 5.92 Å². The number of tetrazole rings is 1. The van der Waals surface area contributed by atoms with E-state index in [1.54, 1.807) is 20.2 Å². The quantitative estimate of drug-likeness (QED) is 0.322. The number of carbonyl (C=O) groups is 1. The van der Waals surface area contributed by atoms with Gasteiger partial charge in [-0.1, -0.05) is 48.5 Å². The standard InChI is InChI=1S/C24H31N7O3/c1-17(15-18(2)33-4)13-14-22(32)26-21-12-8-11-20(25-21)16-34-28-23(19-9-6-5-7-10-19)24-27-29-30-31(24)3/h5-12,17-18H,13-16H2,1-4H3,(H,25,26,32)/b28-23-. The number of hydrogen-bond acceptors (Lipinski definition) is 8. The highest BCUT2D eigenvalue weighted by Gasteiger charge is 2.15. The van der Waals surface area contributed by atoms with Crippen molar-refractivity contribution >= 4 is 17.4 Å². The average molecular weight is 466 g/mol. The van der Waals surface area contributed by atoms with Gasteiger partial charge in [0.2, 0.25) is 11.7 Å². The molecule has 0 fully saturated rings. The fourth-order valence-electron chi connectivity index (χ4n) is 3.40. The van der Waals surface area contributed by atoms with Gasteiger partial charge in [0.25, 0.3) is 0 Å². The van der Waals surface area contributed by atoms with Gasteiger partial charge < -0.3 is 14.9 Å². The summed E-state index contributed by atoms with van der Waals surface area (Å²) in [6.45, 7) is 4.28. The lowest BCUT2D eigenvalue weighted by molar-refractivity contribution is -0.116. The monoisotopic (exact) mass is 465 g/mol. The van der Waals surface area contributed by atoms with Gasteiger partial charge in [-0.2, -0.15) is 0 Å². The number of methoxy groups -OCH3 is 1. The summed E-state index contributed by atoms with van der Waals surface area (Å²) in [5, 5.41) is 18.7. The number of nitrogens with one attached hydrogen (secondary N) is 1. The predicted octanol–water partition coefficient (Wildman–Crippen LogP) is 3.35. The molecule has 0 saturated carbocycles.